The van der Waals surface area contributed by atoms with Crippen LogP contribution in [-0.4, -0.2) is 37.4 Å². The summed E-state index contributed by atoms with van der Waals surface area (Å²) in [5.41, 5.74) is -0.263. The highest BCUT2D eigenvalue weighted by molar-refractivity contribution is 5.98. The van der Waals surface area contributed by atoms with Gasteiger partial charge in [0.15, 0.2) is 11.5 Å². The van der Waals surface area contributed by atoms with Gasteiger partial charge in [-0.2, -0.15) is 0 Å². The predicted molar refractivity (Wildman–Crippen MR) is 72.8 cm³/mol. The number of ether oxygens (including phenoxy) is 2. The van der Waals surface area contributed by atoms with E-state index in [1.165, 1.54) is 14.2 Å². The third-order valence-corrected chi connectivity index (χ3v) is 3.19. The number of carbonyl (C=O) groups is 1. The van der Waals surface area contributed by atoms with Gasteiger partial charge in [0.2, 0.25) is 0 Å². The summed E-state index contributed by atoms with van der Waals surface area (Å²) in [5.74, 6) is 0.588. The first-order valence-corrected chi connectivity index (χ1v) is 6.15. The molecule has 0 aliphatic rings. The predicted octanol–water partition coefficient (Wildman–Crippen LogP) is 1.59. The van der Waals surface area contributed by atoms with E-state index in [2.05, 4.69) is 5.32 Å². The third-order valence-electron chi connectivity index (χ3n) is 3.19. The summed E-state index contributed by atoms with van der Waals surface area (Å²) in [5, 5.41) is 12.1. The highest BCUT2D eigenvalue weighted by Gasteiger charge is 2.26. The van der Waals surface area contributed by atoms with Crippen LogP contribution in [0.2, 0.25) is 0 Å². The summed E-state index contributed by atoms with van der Waals surface area (Å²) < 4.78 is 10.4. The summed E-state index contributed by atoms with van der Waals surface area (Å²) in [6.07, 6.45) is 0.627. The van der Waals surface area contributed by atoms with E-state index in [-0.39, 0.29) is 12.5 Å². The lowest BCUT2D eigenvalue weighted by atomic mass is 9.99. The molecule has 0 fully saturated rings. The zero-order chi connectivity index (χ0) is 14.5. The Labute approximate surface area is 113 Å². The van der Waals surface area contributed by atoms with Crippen LogP contribution in [0.3, 0.4) is 0 Å². The summed E-state index contributed by atoms with van der Waals surface area (Å²) in [6.45, 7) is 3.57. The molecule has 1 atom stereocenters. The number of aliphatic hydroxyl groups excluding tert-OH is 1. The number of hydrogen-bond acceptors (Lipinski definition) is 4. The SMILES string of the molecule is CCC(C)(CO)NC(=O)c1cccc(OC)c1OC. The molecule has 1 amide bonds. The molecule has 0 heterocycles. The Balaban J connectivity index is 3.06. The monoisotopic (exact) mass is 267 g/mol. The minimum absolute atomic E-state index is 0.123. The quantitative estimate of drug-likeness (QED) is 0.821. The molecule has 106 valence electrons. The van der Waals surface area contributed by atoms with Gasteiger partial charge in [0, 0.05) is 0 Å². The van der Waals surface area contributed by atoms with E-state index in [1.807, 2.05) is 6.92 Å². The molecule has 19 heavy (non-hydrogen) atoms. The molecular formula is C14H21NO4. The maximum atomic E-state index is 12.3. The molecule has 1 aromatic rings. The molecule has 5 nitrogen and oxygen atoms in total. The maximum Gasteiger partial charge on any atom is 0.255 e. The molecule has 2 N–H and O–H groups in total. The van der Waals surface area contributed by atoms with Gasteiger partial charge < -0.3 is 19.9 Å². The number of nitrogens with one attached hydrogen (secondary N) is 1. The Morgan fingerprint density at radius 2 is 2.05 bits per heavy atom. The molecule has 0 saturated heterocycles. The van der Waals surface area contributed by atoms with Crippen molar-refractivity contribution in [2.75, 3.05) is 20.8 Å². The molecule has 0 aliphatic heterocycles. The van der Waals surface area contributed by atoms with E-state index in [9.17, 15) is 9.90 Å². The van der Waals surface area contributed by atoms with Gasteiger partial charge in [-0.25, -0.2) is 0 Å². The van der Waals surface area contributed by atoms with Crippen LogP contribution in [0.5, 0.6) is 11.5 Å². The van der Waals surface area contributed by atoms with Crippen molar-refractivity contribution in [3.8, 4) is 11.5 Å². The summed E-state index contributed by atoms with van der Waals surface area (Å²) in [7, 11) is 3.00. The van der Waals surface area contributed by atoms with Gasteiger partial charge in [0.05, 0.1) is 31.9 Å². The van der Waals surface area contributed by atoms with Gasteiger partial charge >= 0.3 is 0 Å². The zero-order valence-corrected chi connectivity index (χ0v) is 11.8. The van der Waals surface area contributed by atoms with Gasteiger partial charge in [0.25, 0.3) is 5.91 Å². The third kappa shape index (κ3) is 3.38. The molecule has 0 radical (unpaired) electrons. The number of amides is 1. The van der Waals surface area contributed by atoms with E-state index in [0.29, 0.717) is 23.5 Å². The van der Waals surface area contributed by atoms with E-state index >= 15 is 0 Å². The second kappa shape index (κ2) is 6.43. The number of carbonyl (C=O) groups excluding carboxylic acids is 1. The number of methoxy groups -OCH3 is 2. The van der Waals surface area contributed by atoms with Gasteiger partial charge in [-0.05, 0) is 25.5 Å². The average molecular weight is 267 g/mol. The Kier molecular flexibility index (Phi) is 5.18. The number of benzene rings is 1. The number of aliphatic hydroxyl groups is 1. The minimum atomic E-state index is -0.648. The van der Waals surface area contributed by atoms with E-state index < -0.39 is 5.54 Å². The average Bonchev–Trinajstić information content (AvgIpc) is 2.45. The van der Waals surface area contributed by atoms with Crippen molar-refractivity contribution in [3.05, 3.63) is 23.8 Å². The van der Waals surface area contributed by atoms with Crippen molar-refractivity contribution >= 4 is 5.91 Å². The van der Waals surface area contributed by atoms with E-state index in [0.717, 1.165) is 0 Å². The van der Waals surface area contributed by atoms with Crippen LogP contribution in [0.1, 0.15) is 30.6 Å². The second-order valence-corrected chi connectivity index (χ2v) is 4.57. The van der Waals surface area contributed by atoms with Crippen molar-refractivity contribution in [2.45, 2.75) is 25.8 Å². The highest BCUT2D eigenvalue weighted by atomic mass is 16.5. The number of rotatable bonds is 6. The summed E-state index contributed by atoms with van der Waals surface area (Å²) >= 11 is 0. The smallest absolute Gasteiger partial charge is 0.255 e. The lowest BCUT2D eigenvalue weighted by Crippen LogP contribution is -2.48. The normalized spacial score (nSPS) is 13.5. The van der Waals surface area contributed by atoms with Crippen LogP contribution in [0.4, 0.5) is 0 Å². The standard InChI is InChI=1S/C14H21NO4/c1-5-14(2,9-16)15-13(17)10-7-6-8-11(18-3)12(10)19-4/h6-8,16H,5,9H2,1-4H3,(H,15,17). The van der Waals surface area contributed by atoms with Gasteiger partial charge in [-0.3, -0.25) is 4.79 Å². The first kappa shape index (κ1) is 15.3. The Morgan fingerprint density at radius 1 is 1.37 bits per heavy atom. The number of hydrogen-bond donors (Lipinski definition) is 2. The Hall–Kier alpha value is -1.75. The van der Waals surface area contributed by atoms with Gasteiger partial charge in [-0.1, -0.05) is 13.0 Å². The molecule has 5 heteroatoms. The minimum Gasteiger partial charge on any atom is -0.493 e. The first-order chi connectivity index (χ1) is 9.01. The van der Waals surface area contributed by atoms with Crippen LogP contribution in [0, 0.1) is 0 Å². The lowest BCUT2D eigenvalue weighted by Gasteiger charge is -2.27. The number of para-hydroxylation sites is 1. The fourth-order valence-electron chi connectivity index (χ4n) is 1.65. The molecule has 0 aliphatic carbocycles. The lowest BCUT2D eigenvalue weighted by molar-refractivity contribution is 0.0844. The van der Waals surface area contributed by atoms with E-state index in [1.54, 1.807) is 25.1 Å². The van der Waals surface area contributed by atoms with Crippen LogP contribution >= 0.6 is 0 Å². The topological polar surface area (TPSA) is 67.8 Å². The van der Waals surface area contributed by atoms with E-state index in [4.69, 9.17) is 9.47 Å². The summed E-state index contributed by atoms with van der Waals surface area (Å²) in [6, 6.07) is 5.10. The Morgan fingerprint density at radius 3 is 2.53 bits per heavy atom. The summed E-state index contributed by atoms with van der Waals surface area (Å²) in [4.78, 5) is 12.3. The van der Waals surface area contributed by atoms with Crippen molar-refractivity contribution in [1.82, 2.24) is 5.32 Å². The van der Waals surface area contributed by atoms with Crippen LogP contribution < -0.4 is 14.8 Å². The molecule has 0 bridgehead atoms. The fourth-order valence-corrected chi connectivity index (χ4v) is 1.65. The molecule has 0 spiro atoms. The van der Waals surface area contributed by atoms with Crippen molar-refractivity contribution < 1.29 is 19.4 Å². The van der Waals surface area contributed by atoms with Crippen molar-refractivity contribution in [1.29, 1.82) is 0 Å². The first-order valence-electron chi connectivity index (χ1n) is 6.15. The highest BCUT2D eigenvalue weighted by Crippen LogP contribution is 2.30. The van der Waals surface area contributed by atoms with Crippen molar-refractivity contribution in [3.63, 3.8) is 0 Å². The zero-order valence-electron chi connectivity index (χ0n) is 11.8. The van der Waals surface area contributed by atoms with Crippen LogP contribution in [0.25, 0.3) is 0 Å². The second-order valence-electron chi connectivity index (χ2n) is 4.57. The Bertz CT molecular complexity index is 441. The van der Waals surface area contributed by atoms with Gasteiger partial charge in [-0.15, -0.1) is 0 Å². The van der Waals surface area contributed by atoms with Crippen molar-refractivity contribution in [2.24, 2.45) is 0 Å². The molecule has 1 aromatic carbocycles. The maximum absolute atomic E-state index is 12.3. The molecule has 0 aromatic heterocycles. The van der Waals surface area contributed by atoms with Gasteiger partial charge in [0.1, 0.15) is 0 Å². The molecule has 1 unspecified atom stereocenters. The molecular weight excluding hydrogens is 246 g/mol. The van der Waals surface area contributed by atoms with Crippen LogP contribution in [-0.2, 0) is 0 Å². The molecule has 0 saturated carbocycles. The fraction of sp³-hybridized carbons (Fsp3) is 0.500. The largest absolute Gasteiger partial charge is 0.493 e. The molecule has 1 rings (SSSR count). The van der Waals surface area contributed by atoms with Crippen LogP contribution in [0.15, 0.2) is 18.2 Å².